The summed E-state index contributed by atoms with van der Waals surface area (Å²) in [6, 6.07) is 6.37. The molecule has 0 N–H and O–H groups in total. The fourth-order valence-corrected chi connectivity index (χ4v) is 2.20. The van der Waals surface area contributed by atoms with Crippen molar-refractivity contribution in [3.05, 3.63) is 29.1 Å². The van der Waals surface area contributed by atoms with Crippen LogP contribution in [0.25, 0.3) is 11.3 Å². The van der Waals surface area contributed by atoms with E-state index in [2.05, 4.69) is 9.59 Å². The molecule has 1 aliphatic rings. The molecule has 0 spiro atoms. The number of ether oxygens (including phenoxy) is 2. The number of rotatable bonds is 4. The molecule has 20 heavy (non-hydrogen) atoms. The second-order valence-corrected chi connectivity index (χ2v) is 5.00. The quantitative estimate of drug-likeness (QED) is 0.815. The van der Waals surface area contributed by atoms with Crippen LogP contribution in [0.5, 0.6) is 5.75 Å². The van der Waals surface area contributed by atoms with Gasteiger partial charge < -0.3 is 9.47 Å². The Morgan fingerprint density at radius 2 is 2.20 bits per heavy atom. The first-order valence-electron chi connectivity index (χ1n) is 5.78. The summed E-state index contributed by atoms with van der Waals surface area (Å²) in [5.41, 5.74) is 0.163. The zero-order chi connectivity index (χ0) is 14.2. The molecule has 0 radical (unpaired) electrons. The number of hydrogen-bond donors (Lipinski definition) is 0. The van der Waals surface area contributed by atoms with Crippen molar-refractivity contribution in [2.75, 3.05) is 13.2 Å². The molecule has 8 heteroatoms. The van der Waals surface area contributed by atoms with Crippen molar-refractivity contribution < 1.29 is 22.6 Å². The van der Waals surface area contributed by atoms with E-state index in [1.807, 2.05) is 0 Å². The average molecular weight is 302 g/mol. The van der Waals surface area contributed by atoms with Crippen LogP contribution in [-0.4, -0.2) is 28.9 Å². The van der Waals surface area contributed by atoms with Gasteiger partial charge in [-0.1, -0.05) is 16.6 Å². The smallest absolute Gasteiger partial charge is 0.429 e. The minimum atomic E-state index is -4.46. The van der Waals surface area contributed by atoms with E-state index in [1.54, 1.807) is 18.2 Å². The van der Waals surface area contributed by atoms with Crippen LogP contribution in [0.4, 0.5) is 13.2 Å². The molecule has 1 aliphatic heterocycles. The Labute approximate surface area is 116 Å². The summed E-state index contributed by atoms with van der Waals surface area (Å²) < 4.78 is 52.3. The summed E-state index contributed by atoms with van der Waals surface area (Å²) in [7, 11) is 0. The summed E-state index contributed by atoms with van der Waals surface area (Å²) in [5, 5.41) is 3.57. The fraction of sp³-hybridized carbons (Fsp3) is 0.333. The van der Waals surface area contributed by atoms with E-state index in [-0.39, 0.29) is 11.8 Å². The van der Waals surface area contributed by atoms with Crippen LogP contribution in [0.2, 0.25) is 0 Å². The van der Waals surface area contributed by atoms with Crippen molar-refractivity contribution in [3.8, 4) is 17.0 Å². The van der Waals surface area contributed by atoms with Gasteiger partial charge in [-0.2, -0.15) is 13.2 Å². The lowest BCUT2D eigenvalue weighted by molar-refractivity contribution is -0.134. The van der Waals surface area contributed by atoms with Gasteiger partial charge in [0, 0.05) is 5.56 Å². The highest BCUT2D eigenvalue weighted by molar-refractivity contribution is 7.06. The molecule has 106 valence electrons. The topological polar surface area (TPSA) is 47.5 Å². The van der Waals surface area contributed by atoms with Gasteiger partial charge in [-0.25, -0.2) is 0 Å². The van der Waals surface area contributed by atoms with Gasteiger partial charge in [0.15, 0.2) is 4.88 Å². The Morgan fingerprint density at radius 3 is 2.90 bits per heavy atom. The summed E-state index contributed by atoms with van der Waals surface area (Å²) in [6.45, 7) is 1.05. The normalized spacial score (nSPS) is 18.1. The maximum Gasteiger partial charge on any atom is 0.429 e. The van der Waals surface area contributed by atoms with Gasteiger partial charge in [0.1, 0.15) is 24.2 Å². The van der Waals surface area contributed by atoms with Crippen LogP contribution in [0.15, 0.2) is 24.3 Å². The zero-order valence-electron chi connectivity index (χ0n) is 10.1. The van der Waals surface area contributed by atoms with Crippen molar-refractivity contribution in [3.63, 3.8) is 0 Å². The summed E-state index contributed by atoms with van der Waals surface area (Å²) >= 11 is 0.339. The Kier molecular flexibility index (Phi) is 3.35. The standard InChI is InChI=1S/C12H9F3N2O2S/c13-12(14,15)11-10(16-17-20-11)7-2-1-3-8(4-7)18-5-9-6-19-9/h1-4,9H,5-6H2. The summed E-state index contributed by atoms with van der Waals surface area (Å²) in [5.74, 6) is 0.485. The molecule has 2 aromatic rings. The van der Waals surface area contributed by atoms with E-state index in [0.29, 0.717) is 36.1 Å². The van der Waals surface area contributed by atoms with E-state index in [4.69, 9.17) is 9.47 Å². The third-order valence-electron chi connectivity index (χ3n) is 2.69. The van der Waals surface area contributed by atoms with Gasteiger partial charge in [-0.15, -0.1) is 5.10 Å². The van der Waals surface area contributed by atoms with E-state index in [9.17, 15) is 13.2 Å². The SMILES string of the molecule is FC(F)(F)c1snnc1-c1cccc(OCC2CO2)c1. The second-order valence-electron chi connectivity index (χ2n) is 4.24. The highest BCUT2D eigenvalue weighted by Gasteiger charge is 2.37. The Morgan fingerprint density at radius 1 is 1.40 bits per heavy atom. The number of nitrogens with zero attached hydrogens (tertiary/aromatic N) is 2. The van der Waals surface area contributed by atoms with Gasteiger partial charge in [-0.05, 0) is 23.7 Å². The predicted octanol–water partition coefficient (Wildman–Crippen LogP) is 3.00. The Hall–Kier alpha value is -1.67. The largest absolute Gasteiger partial charge is 0.491 e. The molecule has 1 aromatic carbocycles. The van der Waals surface area contributed by atoms with Gasteiger partial charge in [0.05, 0.1) is 6.61 Å². The molecule has 3 rings (SSSR count). The third kappa shape index (κ3) is 2.91. The van der Waals surface area contributed by atoms with Crippen molar-refractivity contribution in [2.24, 2.45) is 0 Å². The van der Waals surface area contributed by atoms with Crippen LogP contribution in [0.3, 0.4) is 0 Å². The molecule has 0 bridgehead atoms. The molecule has 0 saturated carbocycles. The van der Waals surface area contributed by atoms with Crippen LogP contribution < -0.4 is 4.74 Å². The molecular formula is C12H9F3N2O2S. The van der Waals surface area contributed by atoms with E-state index in [1.165, 1.54) is 6.07 Å². The highest BCUT2D eigenvalue weighted by atomic mass is 32.1. The highest BCUT2D eigenvalue weighted by Crippen LogP contribution is 2.38. The average Bonchev–Trinajstić information content (AvgIpc) is 3.09. The lowest BCUT2D eigenvalue weighted by atomic mass is 10.1. The maximum atomic E-state index is 12.8. The van der Waals surface area contributed by atoms with E-state index >= 15 is 0 Å². The second kappa shape index (κ2) is 5.02. The lowest BCUT2D eigenvalue weighted by Crippen LogP contribution is -2.05. The fourth-order valence-electron chi connectivity index (χ4n) is 1.65. The third-order valence-corrected chi connectivity index (χ3v) is 3.46. The Bertz CT molecular complexity index is 611. The van der Waals surface area contributed by atoms with Crippen LogP contribution in [0.1, 0.15) is 4.88 Å². The number of halogens is 3. The molecule has 1 atom stereocenters. The molecule has 1 aromatic heterocycles. The number of aromatic nitrogens is 2. The molecule has 0 aliphatic carbocycles. The molecule has 1 saturated heterocycles. The summed E-state index contributed by atoms with van der Waals surface area (Å²) in [4.78, 5) is -0.805. The first-order valence-corrected chi connectivity index (χ1v) is 6.56. The number of hydrogen-bond acceptors (Lipinski definition) is 5. The van der Waals surface area contributed by atoms with Crippen LogP contribution in [0, 0.1) is 0 Å². The first-order chi connectivity index (χ1) is 9.54. The van der Waals surface area contributed by atoms with Crippen LogP contribution in [-0.2, 0) is 10.9 Å². The van der Waals surface area contributed by atoms with Crippen molar-refractivity contribution in [1.82, 2.24) is 9.59 Å². The van der Waals surface area contributed by atoms with E-state index < -0.39 is 11.1 Å². The summed E-state index contributed by atoms with van der Waals surface area (Å²) in [6.07, 6.45) is -4.37. The van der Waals surface area contributed by atoms with Gasteiger partial charge >= 0.3 is 6.18 Å². The maximum absolute atomic E-state index is 12.8. The lowest BCUT2D eigenvalue weighted by Gasteiger charge is -2.07. The van der Waals surface area contributed by atoms with Crippen molar-refractivity contribution in [1.29, 1.82) is 0 Å². The molecule has 2 heterocycles. The number of benzene rings is 1. The van der Waals surface area contributed by atoms with Gasteiger partial charge in [-0.3, -0.25) is 0 Å². The monoisotopic (exact) mass is 302 g/mol. The van der Waals surface area contributed by atoms with Crippen molar-refractivity contribution in [2.45, 2.75) is 12.3 Å². The van der Waals surface area contributed by atoms with E-state index in [0.717, 1.165) is 0 Å². The van der Waals surface area contributed by atoms with Crippen LogP contribution >= 0.6 is 11.5 Å². The molecule has 1 unspecified atom stereocenters. The molecule has 1 fully saturated rings. The zero-order valence-corrected chi connectivity index (χ0v) is 10.9. The molecule has 4 nitrogen and oxygen atoms in total. The van der Waals surface area contributed by atoms with Gasteiger partial charge in [0.25, 0.3) is 0 Å². The Balaban J connectivity index is 1.86. The molecular weight excluding hydrogens is 293 g/mol. The number of epoxide rings is 1. The van der Waals surface area contributed by atoms with Gasteiger partial charge in [0.2, 0.25) is 0 Å². The minimum Gasteiger partial charge on any atom is -0.491 e. The number of alkyl halides is 3. The van der Waals surface area contributed by atoms with Crippen molar-refractivity contribution >= 4 is 11.5 Å². The predicted molar refractivity (Wildman–Crippen MR) is 65.6 cm³/mol. The minimum absolute atomic E-state index is 0.0883. The molecule has 0 amide bonds. The first kappa shape index (κ1) is 13.3.